The zero-order valence-electron chi connectivity index (χ0n) is 17.8. The molecule has 0 bridgehead atoms. The van der Waals surface area contributed by atoms with E-state index in [1.807, 2.05) is 47.0 Å². The number of nitrogens with one attached hydrogen (secondary N) is 2. The lowest BCUT2D eigenvalue weighted by atomic mass is 9.87. The van der Waals surface area contributed by atoms with Crippen LogP contribution in [0.2, 0.25) is 0 Å². The number of H-pyrrole nitrogens is 1. The van der Waals surface area contributed by atoms with Gasteiger partial charge in [-0.2, -0.15) is 0 Å². The van der Waals surface area contributed by atoms with Crippen molar-refractivity contribution in [3.63, 3.8) is 0 Å². The number of imidazole rings is 2. The van der Waals surface area contributed by atoms with E-state index < -0.39 is 0 Å². The molecule has 6 heteroatoms. The van der Waals surface area contributed by atoms with E-state index in [0.717, 1.165) is 22.6 Å². The molecule has 29 heavy (non-hydrogen) atoms. The summed E-state index contributed by atoms with van der Waals surface area (Å²) in [6, 6.07) is 11.6. The topological polar surface area (TPSA) is 75.1 Å². The van der Waals surface area contributed by atoms with Crippen molar-refractivity contribution in [3.8, 4) is 0 Å². The van der Waals surface area contributed by atoms with Crippen molar-refractivity contribution in [2.75, 3.05) is 5.32 Å². The van der Waals surface area contributed by atoms with Crippen LogP contribution in [-0.2, 0) is 10.8 Å². The molecule has 150 valence electrons. The molecule has 1 amide bonds. The Morgan fingerprint density at radius 2 is 1.62 bits per heavy atom. The second-order valence-electron chi connectivity index (χ2n) is 9.54. The Morgan fingerprint density at radius 3 is 2.24 bits per heavy atom. The first kappa shape index (κ1) is 19.2. The van der Waals surface area contributed by atoms with Crippen molar-refractivity contribution in [3.05, 3.63) is 59.5 Å². The summed E-state index contributed by atoms with van der Waals surface area (Å²) in [5, 5.41) is 2.90. The molecule has 0 atom stereocenters. The minimum Gasteiger partial charge on any atom is -0.340 e. The Labute approximate surface area is 170 Å². The molecule has 0 aliphatic rings. The molecular formula is C23H27N5O. The number of amides is 1. The molecule has 0 saturated carbocycles. The number of carbonyl (C=O) groups is 1. The number of nitrogens with zero attached hydrogens (tertiary/aromatic N) is 3. The van der Waals surface area contributed by atoms with Gasteiger partial charge < -0.3 is 10.3 Å². The number of pyridine rings is 1. The molecule has 2 N–H and O–H groups in total. The number of aromatic amines is 1. The molecule has 0 spiro atoms. The highest BCUT2D eigenvalue weighted by molar-refractivity contribution is 6.04. The van der Waals surface area contributed by atoms with Crippen LogP contribution in [0.25, 0.3) is 16.8 Å². The van der Waals surface area contributed by atoms with Crippen LogP contribution in [0.15, 0.2) is 42.6 Å². The van der Waals surface area contributed by atoms with Crippen molar-refractivity contribution >= 4 is 28.5 Å². The van der Waals surface area contributed by atoms with Gasteiger partial charge in [0, 0.05) is 11.0 Å². The number of fused-ring (bicyclic) bond motifs is 3. The highest BCUT2D eigenvalue weighted by Crippen LogP contribution is 2.25. The Hall–Kier alpha value is -3.15. The van der Waals surface area contributed by atoms with Crippen molar-refractivity contribution in [1.29, 1.82) is 0 Å². The zero-order chi connectivity index (χ0) is 21.0. The second kappa shape index (κ2) is 6.44. The lowest BCUT2D eigenvalue weighted by Crippen LogP contribution is -2.14. The van der Waals surface area contributed by atoms with Gasteiger partial charge in [0.05, 0.1) is 11.7 Å². The van der Waals surface area contributed by atoms with Gasteiger partial charge in [0.15, 0.2) is 11.5 Å². The summed E-state index contributed by atoms with van der Waals surface area (Å²) in [6.45, 7) is 12.8. The van der Waals surface area contributed by atoms with Crippen LogP contribution in [0, 0.1) is 0 Å². The number of benzene rings is 1. The van der Waals surface area contributed by atoms with Crippen LogP contribution in [-0.4, -0.2) is 25.3 Å². The van der Waals surface area contributed by atoms with Crippen molar-refractivity contribution in [1.82, 2.24) is 19.4 Å². The van der Waals surface area contributed by atoms with E-state index in [1.54, 1.807) is 0 Å². The van der Waals surface area contributed by atoms with Crippen LogP contribution in [0.4, 0.5) is 5.82 Å². The van der Waals surface area contributed by atoms with Crippen molar-refractivity contribution in [2.24, 2.45) is 0 Å². The largest absolute Gasteiger partial charge is 0.340 e. The standard InChI is InChI=1S/C23H27N5O/c1-22(2,3)15-9-7-14(8-10-15)20(29)26-17-13-28-18(25-17)12-11-16-19(28)27-21(24-16)23(4,5)6/h7-13H,1-6H3,(H,24,27)(H,26,29). The summed E-state index contributed by atoms with van der Waals surface area (Å²) in [5.74, 6) is 1.24. The summed E-state index contributed by atoms with van der Waals surface area (Å²) in [6.07, 6.45) is 1.81. The molecule has 0 aliphatic carbocycles. The normalized spacial score (nSPS) is 12.6. The van der Waals surface area contributed by atoms with Gasteiger partial charge in [0.25, 0.3) is 5.91 Å². The minimum atomic E-state index is -0.178. The molecule has 3 heterocycles. The first-order valence-electron chi connectivity index (χ1n) is 9.82. The predicted molar refractivity (Wildman–Crippen MR) is 117 cm³/mol. The van der Waals surface area contributed by atoms with Crippen LogP contribution in [0.1, 0.15) is 63.3 Å². The highest BCUT2D eigenvalue weighted by Gasteiger charge is 2.20. The molecule has 3 aromatic heterocycles. The van der Waals surface area contributed by atoms with Gasteiger partial charge in [0.1, 0.15) is 11.5 Å². The number of hydrogen-bond donors (Lipinski definition) is 2. The lowest BCUT2D eigenvalue weighted by Gasteiger charge is -2.18. The Morgan fingerprint density at radius 1 is 0.931 bits per heavy atom. The van der Waals surface area contributed by atoms with E-state index >= 15 is 0 Å². The van der Waals surface area contributed by atoms with E-state index in [-0.39, 0.29) is 16.7 Å². The molecule has 4 rings (SSSR count). The zero-order valence-corrected chi connectivity index (χ0v) is 17.8. The number of carbonyl (C=O) groups excluding carboxylic acids is 1. The molecule has 4 aromatic rings. The Bertz CT molecular complexity index is 1200. The van der Waals surface area contributed by atoms with Crippen LogP contribution in [0.3, 0.4) is 0 Å². The second-order valence-corrected chi connectivity index (χ2v) is 9.54. The molecule has 0 aliphatic heterocycles. The summed E-state index contributed by atoms with van der Waals surface area (Å²) < 4.78 is 1.90. The third-order valence-electron chi connectivity index (χ3n) is 5.04. The number of hydrogen-bond acceptors (Lipinski definition) is 3. The summed E-state index contributed by atoms with van der Waals surface area (Å²) in [4.78, 5) is 25.3. The van der Waals surface area contributed by atoms with E-state index in [1.165, 1.54) is 5.56 Å². The molecular weight excluding hydrogens is 362 g/mol. The van der Waals surface area contributed by atoms with Crippen LogP contribution < -0.4 is 5.32 Å². The van der Waals surface area contributed by atoms with Gasteiger partial charge in [-0.05, 0) is 35.2 Å². The quantitative estimate of drug-likeness (QED) is 0.503. The Balaban J connectivity index is 1.63. The maximum Gasteiger partial charge on any atom is 0.256 e. The molecule has 0 saturated heterocycles. The summed E-state index contributed by atoms with van der Waals surface area (Å²) >= 11 is 0. The lowest BCUT2D eigenvalue weighted by molar-refractivity contribution is 0.102. The number of aromatic nitrogens is 4. The minimum absolute atomic E-state index is 0.0530. The molecule has 6 nitrogen and oxygen atoms in total. The van der Waals surface area contributed by atoms with Crippen LogP contribution in [0.5, 0.6) is 0 Å². The third kappa shape index (κ3) is 3.62. The molecule has 0 radical (unpaired) electrons. The smallest absolute Gasteiger partial charge is 0.256 e. The average molecular weight is 390 g/mol. The Kier molecular flexibility index (Phi) is 4.26. The van der Waals surface area contributed by atoms with Gasteiger partial charge in [-0.1, -0.05) is 53.7 Å². The van der Waals surface area contributed by atoms with E-state index in [0.29, 0.717) is 11.4 Å². The van der Waals surface area contributed by atoms with Gasteiger partial charge in [0.2, 0.25) is 0 Å². The van der Waals surface area contributed by atoms with E-state index in [9.17, 15) is 4.79 Å². The maximum absolute atomic E-state index is 12.7. The van der Waals surface area contributed by atoms with E-state index in [2.05, 4.69) is 56.8 Å². The fraction of sp³-hybridized carbons (Fsp3) is 0.348. The maximum atomic E-state index is 12.7. The van der Waals surface area contributed by atoms with Gasteiger partial charge >= 0.3 is 0 Å². The molecule has 0 fully saturated rings. The monoisotopic (exact) mass is 389 g/mol. The highest BCUT2D eigenvalue weighted by atomic mass is 16.1. The average Bonchev–Trinajstić information content (AvgIpc) is 3.23. The fourth-order valence-electron chi connectivity index (χ4n) is 3.24. The van der Waals surface area contributed by atoms with Crippen LogP contribution >= 0.6 is 0 Å². The van der Waals surface area contributed by atoms with Gasteiger partial charge in [-0.25, -0.2) is 9.97 Å². The summed E-state index contributed by atoms with van der Waals surface area (Å²) in [5.41, 5.74) is 4.25. The first-order chi connectivity index (χ1) is 13.5. The SMILES string of the molecule is CC(C)(C)c1ccc(C(=O)Nc2cn3c(ccc4[nH]c(C(C)(C)C)nc43)n2)cc1. The third-order valence-corrected chi connectivity index (χ3v) is 5.04. The van der Waals surface area contributed by atoms with E-state index in [4.69, 9.17) is 4.98 Å². The van der Waals surface area contributed by atoms with Crippen molar-refractivity contribution in [2.45, 2.75) is 52.4 Å². The number of rotatable bonds is 2. The van der Waals surface area contributed by atoms with Gasteiger partial charge in [-0.15, -0.1) is 0 Å². The van der Waals surface area contributed by atoms with Gasteiger partial charge in [-0.3, -0.25) is 9.20 Å². The predicted octanol–water partition coefficient (Wildman–Crippen LogP) is 5.06. The fourth-order valence-corrected chi connectivity index (χ4v) is 3.24. The first-order valence-corrected chi connectivity index (χ1v) is 9.82. The van der Waals surface area contributed by atoms with Crippen molar-refractivity contribution < 1.29 is 4.79 Å². The molecule has 1 aromatic carbocycles. The summed E-state index contributed by atoms with van der Waals surface area (Å²) in [7, 11) is 0. The number of anilines is 1. The molecule has 0 unspecified atom stereocenters.